The van der Waals surface area contributed by atoms with Crippen LogP contribution in [0.3, 0.4) is 0 Å². The highest BCUT2D eigenvalue weighted by molar-refractivity contribution is 7.98. The lowest BCUT2D eigenvalue weighted by atomic mass is 10.3. The van der Waals surface area contributed by atoms with Crippen molar-refractivity contribution >= 4 is 11.8 Å². The Kier molecular flexibility index (Phi) is 3.34. The molecule has 1 heterocycles. The van der Waals surface area contributed by atoms with Crippen molar-refractivity contribution in [1.82, 2.24) is 9.97 Å². The van der Waals surface area contributed by atoms with E-state index in [1.807, 2.05) is 0 Å². The molecule has 5 nitrogen and oxygen atoms in total. The fraction of sp³-hybridized carbons (Fsp3) is 0.0909. The number of aromatic nitrogens is 2. The van der Waals surface area contributed by atoms with Crippen LogP contribution >= 0.6 is 11.8 Å². The number of nitrogens with one attached hydrogen (secondary N) is 2. The summed E-state index contributed by atoms with van der Waals surface area (Å²) in [5.74, 6) is 0.660. The van der Waals surface area contributed by atoms with Gasteiger partial charge in [0.2, 0.25) is 0 Å². The molecule has 0 saturated carbocycles. The first-order valence-electron chi connectivity index (χ1n) is 4.88. The average Bonchev–Trinajstić information content (AvgIpc) is 2.30. The zero-order valence-corrected chi connectivity index (χ0v) is 9.58. The van der Waals surface area contributed by atoms with E-state index in [4.69, 9.17) is 5.11 Å². The summed E-state index contributed by atoms with van der Waals surface area (Å²) in [4.78, 5) is 27.7. The van der Waals surface area contributed by atoms with Gasteiger partial charge in [-0.1, -0.05) is 0 Å². The van der Waals surface area contributed by atoms with Gasteiger partial charge in [-0.15, -0.1) is 11.8 Å². The third kappa shape index (κ3) is 3.01. The van der Waals surface area contributed by atoms with Crippen molar-refractivity contribution in [3.63, 3.8) is 0 Å². The van der Waals surface area contributed by atoms with Gasteiger partial charge in [0.1, 0.15) is 5.75 Å². The van der Waals surface area contributed by atoms with Crippen LogP contribution < -0.4 is 11.2 Å². The van der Waals surface area contributed by atoms with Crippen molar-refractivity contribution in [3.8, 4) is 5.75 Å². The van der Waals surface area contributed by atoms with Crippen LogP contribution in [0, 0.1) is 0 Å². The van der Waals surface area contributed by atoms with Gasteiger partial charge < -0.3 is 10.1 Å². The number of rotatable bonds is 3. The monoisotopic (exact) mass is 250 g/mol. The minimum absolute atomic E-state index is 0.205. The van der Waals surface area contributed by atoms with E-state index in [2.05, 4.69) is 9.97 Å². The summed E-state index contributed by atoms with van der Waals surface area (Å²) >= 11 is 1.45. The molecule has 0 aliphatic heterocycles. The first-order chi connectivity index (χ1) is 8.15. The van der Waals surface area contributed by atoms with Gasteiger partial charge >= 0.3 is 5.69 Å². The second-order valence-corrected chi connectivity index (χ2v) is 4.43. The van der Waals surface area contributed by atoms with Gasteiger partial charge in [-0.25, -0.2) is 4.79 Å². The van der Waals surface area contributed by atoms with E-state index >= 15 is 0 Å². The molecular weight excluding hydrogens is 240 g/mol. The number of hydrogen-bond acceptors (Lipinski definition) is 4. The van der Waals surface area contributed by atoms with Gasteiger partial charge in [0.05, 0.1) is 0 Å². The summed E-state index contributed by atoms with van der Waals surface area (Å²) in [6.45, 7) is 0. The van der Waals surface area contributed by atoms with Crippen molar-refractivity contribution in [3.05, 3.63) is 56.9 Å². The fourth-order valence-electron chi connectivity index (χ4n) is 1.25. The first-order valence-corrected chi connectivity index (χ1v) is 5.86. The second-order valence-electron chi connectivity index (χ2n) is 3.38. The minimum Gasteiger partial charge on any atom is -0.508 e. The fourth-order valence-corrected chi connectivity index (χ4v) is 2.11. The molecule has 2 aromatic rings. The predicted octanol–water partition coefficient (Wildman–Crippen LogP) is 1.06. The van der Waals surface area contributed by atoms with E-state index in [0.29, 0.717) is 11.3 Å². The molecular formula is C11H10N2O3S. The Bertz CT molecular complexity index is 616. The smallest absolute Gasteiger partial charge is 0.325 e. The molecule has 0 amide bonds. The van der Waals surface area contributed by atoms with Crippen LogP contribution in [0.5, 0.6) is 5.75 Å². The van der Waals surface area contributed by atoms with Crippen LogP contribution in [-0.4, -0.2) is 15.1 Å². The maximum Gasteiger partial charge on any atom is 0.325 e. The maximum atomic E-state index is 11.4. The second kappa shape index (κ2) is 4.92. The highest BCUT2D eigenvalue weighted by Gasteiger charge is 2.01. The Morgan fingerprint density at radius 2 is 1.88 bits per heavy atom. The predicted molar refractivity (Wildman–Crippen MR) is 65.4 cm³/mol. The SMILES string of the molecule is O=c1[nH]cc(CSc2ccc(O)cc2)c(=O)[nH]1. The van der Waals surface area contributed by atoms with E-state index < -0.39 is 5.69 Å². The highest BCUT2D eigenvalue weighted by atomic mass is 32.2. The summed E-state index contributed by atoms with van der Waals surface area (Å²) in [5, 5.41) is 9.11. The van der Waals surface area contributed by atoms with Crippen LogP contribution in [0.2, 0.25) is 0 Å². The summed E-state index contributed by atoms with van der Waals surface area (Å²) in [5.41, 5.74) is -0.379. The number of aromatic amines is 2. The zero-order chi connectivity index (χ0) is 12.3. The van der Waals surface area contributed by atoms with Crippen LogP contribution in [0.25, 0.3) is 0 Å². The molecule has 0 fully saturated rings. The number of aromatic hydroxyl groups is 1. The first kappa shape index (κ1) is 11.5. The van der Waals surface area contributed by atoms with Crippen molar-refractivity contribution < 1.29 is 5.11 Å². The molecule has 3 N–H and O–H groups in total. The Morgan fingerprint density at radius 1 is 1.18 bits per heavy atom. The number of phenols is 1. The largest absolute Gasteiger partial charge is 0.508 e. The molecule has 88 valence electrons. The van der Waals surface area contributed by atoms with Crippen LogP contribution in [0.4, 0.5) is 0 Å². The molecule has 0 atom stereocenters. The number of hydrogen-bond donors (Lipinski definition) is 3. The molecule has 1 aromatic heterocycles. The molecule has 6 heteroatoms. The van der Waals surface area contributed by atoms with E-state index in [0.717, 1.165) is 4.90 Å². The van der Waals surface area contributed by atoms with Crippen LogP contribution in [0.1, 0.15) is 5.56 Å². The van der Waals surface area contributed by atoms with Crippen molar-refractivity contribution in [2.45, 2.75) is 10.6 Å². The van der Waals surface area contributed by atoms with E-state index in [1.165, 1.54) is 18.0 Å². The summed E-state index contributed by atoms with van der Waals surface area (Å²) in [6, 6.07) is 6.69. The minimum atomic E-state index is -0.506. The van der Waals surface area contributed by atoms with Crippen molar-refractivity contribution in [2.75, 3.05) is 0 Å². The van der Waals surface area contributed by atoms with Crippen LogP contribution in [0.15, 0.2) is 44.9 Å². The number of benzene rings is 1. The van der Waals surface area contributed by atoms with E-state index in [9.17, 15) is 9.59 Å². The maximum absolute atomic E-state index is 11.4. The molecule has 0 aliphatic carbocycles. The topological polar surface area (TPSA) is 85.9 Å². The Hall–Kier alpha value is -1.95. The van der Waals surface area contributed by atoms with Gasteiger partial charge in [-0.3, -0.25) is 9.78 Å². The number of phenolic OH excluding ortho intramolecular Hbond substituents is 1. The van der Waals surface area contributed by atoms with Crippen LogP contribution in [-0.2, 0) is 5.75 Å². The molecule has 2 rings (SSSR count). The third-order valence-corrected chi connectivity index (χ3v) is 3.19. The highest BCUT2D eigenvalue weighted by Crippen LogP contribution is 2.22. The Morgan fingerprint density at radius 3 is 2.53 bits per heavy atom. The summed E-state index contributed by atoms with van der Waals surface area (Å²) < 4.78 is 0. The zero-order valence-electron chi connectivity index (χ0n) is 8.77. The quantitative estimate of drug-likeness (QED) is 0.711. The average molecular weight is 250 g/mol. The van der Waals surface area contributed by atoms with E-state index in [-0.39, 0.29) is 11.3 Å². The molecule has 0 unspecified atom stereocenters. The molecule has 0 bridgehead atoms. The van der Waals surface area contributed by atoms with Gasteiger partial charge in [0.15, 0.2) is 0 Å². The molecule has 0 saturated heterocycles. The lowest BCUT2D eigenvalue weighted by Crippen LogP contribution is -2.24. The Labute approximate surface area is 101 Å². The van der Waals surface area contributed by atoms with Gasteiger partial charge in [0.25, 0.3) is 5.56 Å². The normalized spacial score (nSPS) is 10.4. The van der Waals surface area contributed by atoms with Gasteiger partial charge in [0, 0.05) is 22.4 Å². The van der Waals surface area contributed by atoms with Crippen molar-refractivity contribution in [1.29, 1.82) is 0 Å². The van der Waals surface area contributed by atoms with E-state index in [1.54, 1.807) is 24.3 Å². The van der Waals surface area contributed by atoms with Gasteiger partial charge in [-0.05, 0) is 24.3 Å². The van der Waals surface area contributed by atoms with Crippen molar-refractivity contribution in [2.24, 2.45) is 0 Å². The summed E-state index contributed by atoms with van der Waals surface area (Å²) in [6.07, 6.45) is 1.41. The third-order valence-electron chi connectivity index (χ3n) is 2.13. The lowest BCUT2D eigenvalue weighted by Gasteiger charge is -2.01. The standard InChI is InChI=1S/C11H10N2O3S/c14-8-1-3-9(4-2-8)17-6-7-5-12-11(16)13-10(7)15/h1-5,14H,6H2,(H2,12,13,15,16). The van der Waals surface area contributed by atoms with Gasteiger partial charge in [-0.2, -0.15) is 0 Å². The molecule has 0 spiro atoms. The number of thioether (sulfide) groups is 1. The number of H-pyrrole nitrogens is 2. The Balaban J connectivity index is 2.10. The lowest BCUT2D eigenvalue weighted by molar-refractivity contribution is 0.475. The summed E-state index contributed by atoms with van der Waals surface area (Å²) in [7, 11) is 0. The molecule has 0 radical (unpaired) electrons. The molecule has 17 heavy (non-hydrogen) atoms. The molecule has 0 aliphatic rings. The molecule has 1 aromatic carbocycles.